The molecule has 0 fully saturated rings. The van der Waals surface area contributed by atoms with Crippen LogP contribution in [-0.2, 0) is 0 Å². The van der Waals surface area contributed by atoms with Gasteiger partial charge in [0.05, 0.1) is 12.5 Å². The Morgan fingerprint density at radius 1 is 1.44 bits per heavy atom. The predicted octanol–water partition coefficient (Wildman–Crippen LogP) is 5.17. The van der Waals surface area contributed by atoms with Crippen molar-refractivity contribution >= 4 is 27.5 Å². The molecule has 1 aromatic carbocycles. The molecule has 0 aliphatic heterocycles. The monoisotopic (exact) mass is 304 g/mol. The Kier molecular flexibility index (Phi) is 4.69. The summed E-state index contributed by atoms with van der Waals surface area (Å²) >= 11 is 10.1. The van der Waals surface area contributed by atoms with Crippen LogP contribution in [0, 0.1) is 5.41 Å². The maximum Gasteiger partial charge on any atom is 0.120 e. The van der Waals surface area contributed by atoms with Crippen molar-refractivity contribution in [3.05, 3.63) is 28.2 Å². The van der Waals surface area contributed by atoms with E-state index in [1.165, 1.54) is 0 Å². The van der Waals surface area contributed by atoms with Crippen LogP contribution in [-0.4, -0.2) is 7.11 Å². The molecular formula is C13H18BrClO. The molecule has 1 nitrogen and oxygen atoms in total. The molecule has 90 valence electrons. The summed E-state index contributed by atoms with van der Waals surface area (Å²) in [6.45, 7) is 6.52. The van der Waals surface area contributed by atoms with Crippen molar-refractivity contribution in [3.8, 4) is 5.75 Å². The van der Waals surface area contributed by atoms with Gasteiger partial charge in [0, 0.05) is 4.47 Å². The van der Waals surface area contributed by atoms with Crippen LogP contribution in [0.5, 0.6) is 5.75 Å². The molecule has 0 aliphatic carbocycles. The van der Waals surface area contributed by atoms with E-state index in [0.29, 0.717) is 0 Å². The zero-order valence-electron chi connectivity index (χ0n) is 10.2. The topological polar surface area (TPSA) is 9.23 Å². The van der Waals surface area contributed by atoms with Crippen LogP contribution in [0.25, 0.3) is 0 Å². The first kappa shape index (κ1) is 13.9. The van der Waals surface area contributed by atoms with Crippen molar-refractivity contribution in [3.63, 3.8) is 0 Å². The van der Waals surface area contributed by atoms with Gasteiger partial charge in [-0.2, -0.15) is 0 Å². The fourth-order valence-electron chi connectivity index (χ4n) is 1.44. The molecule has 1 atom stereocenters. The normalized spacial score (nSPS) is 13.6. The fourth-order valence-corrected chi connectivity index (χ4v) is 2.50. The summed E-state index contributed by atoms with van der Waals surface area (Å²) in [7, 11) is 1.66. The van der Waals surface area contributed by atoms with Crippen molar-refractivity contribution in [2.45, 2.75) is 32.6 Å². The molecule has 0 saturated carbocycles. The molecule has 0 heterocycles. The van der Waals surface area contributed by atoms with Crippen LogP contribution in [0.3, 0.4) is 0 Å². The molecule has 0 bridgehead atoms. The van der Waals surface area contributed by atoms with E-state index in [9.17, 15) is 0 Å². The number of hydrogen-bond donors (Lipinski definition) is 0. The SMILES string of the molecule is CCC(C)(C)C(Cl)c1ccc(OC)cc1Br. The molecule has 3 heteroatoms. The van der Waals surface area contributed by atoms with Crippen molar-refractivity contribution in [2.24, 2.45) is 5.41 Å². The van der Waals surface area contributed by atoms with Gasteiger partial charge in [-0.3, -0.25) is 0 Å². The van der Waals surface area contributed by atoms with Crippen molar-refractivity contribution in [1.82, 2.24) is 0 Å². The first-order chi connectivity index (χ1) is 7.42. The third-order valence-electron chi connectivity index (χ3n) is 3.08. The second kappa shape index (κ2) is 5.42. The molecule has 1 aromatic rings. The molecule has 0 aromatic heterocycles. The smallest absolute Gasteiger partial charge is 0.120 e. The minimum atomic E-state index is -0.00205. The van der Waals surface area contributed by atoms with Gasteiger partial charge >= 0.3 is 0 Å². The number of ether oxygens (including phenoxy) is 1. The summed E-state index contributed by atoms with van der Waals surface area (Å²) in [5, 5.41) is -0.00205. The Morgan fingerprint density at radius 3 is 2.50 bits per heavy atom. The van der Waals surface area contributed by atoms with Crippen LogP contribution >= 0.6 is 27.5 Å². The number of rotatable bonds is 4. The number of alkyl halides is 1. The van der Waals surface area contributed by atoms with E-state index >= 15 is 0 Å². The van der Waals surface area contributed by atoms with Crippen molar-refractivity contribution < 1.29 is 4.74 Å². The summed E-state index contributed by atoms with van der Waals surface area (Å²) in [5.74, 6) is 0.841. The molecule has 0 radical (unpaired) electrons. The van der Waals surface area contributed by atoms with E-state index < -0.39 is 0 Å². The molecule has 0 amide bonds. The molecule has 16 heavy (non-hydrogen) atoms. The fraction of sp³-hybridized carbons (Fsp3) is 0.538. The molecule has 0 saturated heterocycles. The quantitative estimate of drug-likeness (QED) is 0.697. The van der Waals surface area contributed by atoms with E-state index in [4.69, 9.17) is 16.3 Å². The Labute approximate surface area is 111 Å². The maximum atomic E-state index is 6.53. The predicted molar refractivity (Wildman–Crippen MR) is 73.4 cm³/mol. The van der Waals surface area contributed by atoms with Gasteiger partial charge in [-0.05, 0) is 29.5 Å². The van der Waals surface area contributed by atoms with E-state index in [1.54, 1.807) is 7.11 Å². The highest BCUT2D eigenvalue weighted by Crippen LogP contribution is 2.44. The van der Waals surface area contributed by atoms with E-state index in [-0.39, 0.29) is 10.8 Å². The molecule has 0 N–H and O–H groups in total. The number of methoxy groups -OCH3 is 1. The lowest BCUT2D eigenvalue weighted by Crippen LogP contribution is -2.17. The molecule has 1 unspecified atom stereocenters. The Balaban J connectivity index is 3.05. The highest BCUT2D eigenvalue weighted by atomic mass is 79.9. The van der Waals surface area contributed by atoms with Crippen LogP contribution in [0.1, 0.15) is 38.1 Å². The minimum absolute atomic E-state index is 0.00205. The third-order valence-corrected chi connectivity index (χ3v) is 4.59. The first-order valence-electron chi connectivity index (χ1n) is 5.40. The van der Waals surface area contributed by atoms with Crippen molar-refractivity contribution in [2.75, 3.05) is 7.11 Å². The highest BCUT2D eigenvalue weighted by Gasteiger charge is 2.28. The molecule has 1 rings (SSSR count). The van der Waals surface area contributed by atoms with Crippen LogP contribution < -0.4 is 4.74 Å². The van der Waals surface area contributed by atoms with Gasteiger partial charge in [0.15, 0.2) is 0 Å². The maximum absolute atomic E-state index is 6.53. The van der Waals surface area contributed by atoms with E-state index in [1.807, 2.05) is 18.2 Å². The summed E-state index contributed by atoms with van der Waals surface area (Å²) in [6.07, 6.45) is 1.04. The Hall–Kier alpha value is -0.210. The van der Waals surface area contributed by atoms with Crippen LogP contribution in [0.15, 0.2) is 22.7 Å². The Morgan fingerprint density at radius 2 is 2.06 bits per heavy atom. The molecule has 0 aliphatic rings. The number of hydrogen-bond acceptors (Lipinski definition) is 1. The average molecular weight is 306 g/mol. The van der Waals surface area contributed by atoms with Gasteiger partial charge < -0.3 is 4.74 Å². The summed E-state index contributed by atoms with van der Waals surface area (Å²) < 4.78 is 6.18. The van der Waals surface area contributed by atoms with Gasteiger partial charge in [0.25, 0.3) is 0 Å². The van der Waals surface area contributed by atoms with Gasteiger partial charge in [-0.25, -0.2) is 0 Å². The molecular weight excluding hydrogens is 287 g/mol. The lowest BCUT2D eigenvalue weighted by molar-refractivity contribution is 0.335. The second-order valence-electron chi connectivity index (χ2n) is 4.59. The van der Waals surface area contributed by atoms with Crippen LogP contribution in [0.4, 0.5) is 0 Å². The van der Waals surface area contributed by atoms with E-state index in [2.05, 4.69) is 36.7 Å². The van der Waals surface area contributed by atoms with Gasteiger partial charge in [-0.1, -0.05) is 42.8 Å². The summed E-state index contributed by atoms with van der Waals surface area (Å²) in [4.78, 5) is 0. The molecule has 0 spiro atoms. The highest BCUT2D eigenvalue weighted by molar-refractivity contribution is 9.10. The number of halogens is 2. The van der Waals surface area contributed by atoms with Crippen LogP contribution in [0.2, 0.25) is 0 Å². The van der Waals surface area contributed by atoms with Crippen molar-refractivity contribution in [1.29, 1.82) is 0 Å². The minimum Gasteiger partial charge on any atom is -0.497 e. The third kappa shape index (κ3) is 2.92. The summed E-state index contributed by atoms with van der Waals surface area (Å²) in [6, 6.07) is 5.93. The number of benzene rings is 1. The average Bonchev–Trinajstić information content (AvgIpc) is 2.28. The summed E-state index contributed by atoms with van der Waals surface area (Å²) in [5.41, 5.74) is 1.20. The lowest BCUT2D eigenvalue weighted by Gasteiger charge is -2.29. The first-order valence-corrected chi connectivity index (χ1v) is 6.63. The van der Waals surface area contributed by atoms with Gasteiger partial charge in [0.1, 0.15) is 5.75 Å². The lowest BCUT2D eigenvalue weighted by atomic mass is 9.83. The van der Waals surface area contributed by atoms with Gasteiger partial charge in [0.2, 0.25) is 0 Å². The largest absolute Gasteiger partial charge is 0.497 e. The Bertz CT molecular complexity index is 363. The standard InChI is InChI=1S/C13H18BrClO/c1-5-13(2,3)12(15)10-7-6-9(16-4)8-11(10)14/h6-8,12H,5H2,1-4H3. The zero-order valence-corrected chi connectivity index (χ0v) is 12.5. The zero-order chi connectivity index (χ0) is 12.3. The second-order valence-corrected chi connectivity index (χ2v) is 5.88. The van der Waals surface area contributed by atoms with Gasteiger partial charge in [-0.15, -0.1) is 11.6 Å². The van der Waals surface area contributed by atoms with E-state index in [0.717, 1.165) is 22.2 Å².